The highest BCUT2D eigenvalue weighted by molar-refractivity contribution is 7.14. The van der Waals surface area contributed by atoms with Crippen molar-refractivity contribution in [3.8, 4) is 0 Å². The molecule has 0 aliphatic carbocycles. The van der Waals surface area contributed by atoms with E-state index in [-0.39, 0.29) is 11.7 Å². The van der Waals surface area contributed by atoms with Gasteiger partial charge in [0.1, 0.15) is 0 Å². The minimum absolute atomic E-state index is 0.0212. The van der Waals surface area contributed by atoms with E-state index in [9.17, 15) is 4.79 Å². The van der Waals surface area contributed by atoms with Crippen molar-refractivity contribution in [3.63, 3.8) is 0 Å². The molecule has 0 saturated heterocycles. The number of thiophene rings is 1. The average molecular weight is 189 g/mol. The minimum Gasteiger partial charge on any atom is -0.292 e. The highest BCUT2D eigenvalue weighted by Crippen LogP contribution is 2.21. The summed E-state index contributed by atoms with van der Waals surface area (Å²) >= 11 is 6.92. The van der Waals surface area contributed by atoms with E-state index in [1.54, 1.807) is 0 Å². The highest BCUT2D eigenvalue weighted by atomic mass is 35.5. The summed E-state index contributed by atoms with van der Waals surface area (Å²) < 4.78 is 0. The van der Waals surface area contributed by atoms with E-state index in [1.165, 1.54) is 21.8 Å². The van der Waals surface area contributed by atoms with Crippen LogP contribution in [-0.4, -0.2) is 11.7 Å². The Morgan fingerprint density at radius 1 is 1.64 bits per heavy atom. The number of hydrogen-bond donors (Lipinski definition) is 0. The molecule has 0 spiro atoms. The third-order valence-corrected chi connectivity index (χ3v) is 3.00. The summed E-state index contributed by atoms with van der Waals surface area (Å²) in [6, 6.07) is 1.89. The van der Waals surface area contributed by atoms with Crippen LogP contribution >= 0.6 is 22.9 Å². The second-order valence-corrected chi connectivity index (χ2v) is 3.93. The first kappa shape index (κ1) is 8.75. The van der Waals surface area contributed by atoms with Crippen LogP contribution in [0.15, 0.2) is 6.07 Å². The van der Waals surface area contributed by atoms with E-state index in [2.05, 4.69) is 0 Å². The Balaban J connectivity index is 2.97. The van der Waals surface area contributed by atoms with Crippen LogP contribution in [0.2, 0.25) is 0 Å². The fraction of sp³-hybridized carbons (Fsp3) is 0.375. The second-order valence-electron chi connectivity index (χ2n) is 2.41. The predicted molar refractivity (Wildman–Crippen MR) is 48.8 cm³/mol. The molecule has 1 aromatic heterocycles. The summed E-state index contributed by atoms with van der Waals surface area (Å²) in [6.45, 7) is 4.00. The molecule has 1 rings (SSSR count). The molecule has 1 heterocycles. The van der Waals surface area contributed by atoms with Gasteiger partial charge in [-0.2, -0.15) is 0 Å². The highest BCUT2D eigenvalue weighted by Gasteiger charge is 2.08. The van der Waals surface area contributed by atoms with Gasteiger partial charge in [0.05, 0.1) is 10.8 Å². The number of halogens is 1. The SMILES string of the molecule is Cc1cc(C(=O)CCl)sc1C. The number of rotatable bonds is 2. The Bertz CT molecular complexity index is 258. The van der Waals surface area contributed by atoms with Crippen molar-refractivity contribution in [2.24, 2.45) is 0 Å². The molecule has 0 atom stereocenters. The van der Waals surface area contributed by atoms with Gasteiger partial charge in [-0.25, -0.2) is 0 Å². The molecule has 0 aromatic carbocycles. The lowest BCUT2D eigenvalue weighted by molar-refractivity contribution is 0.102. The molecular formula is C8H9ClOS. The lowest BCUT2D eigenvalue weighted by Crippen LogP contribution is -1.95. The van der Waals surface area contributed by atoms with Crippen LogP contribution in [0.25, 0.3) is 0 Å². The molecule has 60 valence electrons. The summed E-state index contributed by atoms with van der Waals surface area (Å²) in [4.78, 5) is 13.0. The number of Topliss-reactive ketones (excluding diaryl/α,β-unsaturated/α-hetero) is 1. The lowest BCUT2D eigenvalue weighted by atomic mass is 10.2. The van der Waals surface area contributed by atoms with Crippen LogP contribution in [0, 0.1) is 13.8 Å². The zero-order valence-corrected chi connectivity index (χ0v) is 8.05. The molecular weight excluding hydrogens is 180 g/mol. The first-order valence-electron chi connectivity index (χ1n) is 3.31. The largest absolute Gasteiger partial charge is 0.292 e. The molecule has 0 saturated carbocycles. The van der Waals surface area contributed by atoms with Crippen molar-refractivity contribution in [2.75, 3.05) is 5.88 Å². The van der Waals surface area contributed by atoms with Gasteiger partial charge in [0.15, 0.2) is 5.78 Å². The Hall–Kier alpha value is -0.340. The Morgan fingerprint density at radius 2 is 2.27 bits per heavy atom. The number of alkyl halides is 1. The van der Waals surface area contributed by atoms with Crippen molar-refractivity contribution >= 4 is 28.7 Å². The first-order chi connectivity index (χ1) is 5.15. The van der Waals surface area contributed by atoms with Crippen LogP contribution in [0.1, 0.15) is 20.1 Å². The molecule has 0 fully saturated rings. The van der Waals surface area contributed by atoms with E-state index in [0.29, 0.717) is 0 Å². The summed E-state index contributed by atoms with van der Waals surface area (Å²) in [5.74, 6) is 0.104. The second kappa shape index (κ2) is 3.37. The van der Waals surface area contributed by atoms with E-state index >= 15 is 0 Å². The minimum atomic E-state index is 0.0212. The fourth-order valence-electron chi connectivity index (χ4n) is 0.776. The molecule has 0 aliphatic heterocycles. The van der Waals surface area contributed by atoms with Crippen LogP contribution < -0.4 is 0 Å². The third-order valence-electron chi connectivity index (χ3n) is 1.56. The van der Waals surface area contributed by atoms with Gasteiger partial charge in [-0.1, -0.05) is 0 Å². The average Bonchev–Trinajstić information content (AvgIpc) is 2.31. The molecule has 11 heavy (non-hydrogen) atoms. The normalized spacial score (nSPS) is 10.1. The maximum atomic E-state index is 11.1. The molecule has 0 radical (unpaired) electrons. The maximum Gasteiger partial charge on any atom is 0.187 e. The molecule has 0 amide bonds. The summed E-state index contributed by atoms with van der Waals surface area (Å²) in [5, 5.41) is 0. The van der Waals surface area contributed by atoms with Crippen LogP contribution in [0.3, 0.4) is 0 Å². The quantitative estimate of drug-likeness (QED) is 0.515. The lowest BCUT2D eigenvalue weighted by Gasteiger charge is -1.86. The van der Waals surface area contributed by atoms with Gasteiger partial charge >= 0.3 is 0 Å². The van der Waals surface area contributed by atoms with Crippen molar-refractivity contribution in [1.82, 2.24) is 0 Å². The maximum absolute atomic E-state index is 11.1. The topological polar surface area (TPSA) is 17.1 Å². The molecule has 1 nitrogen and oxygen atoms in total. The van der Waals surface area contributed by atoms with Gasteiger partial charge < -0.3 is 0 Å². The van der Waals surface area contributed by atoms with Crippen LogP contribution in [-0.2, 0) is 0 Å². The first-order valence-corrected chi connectivity index (χ1v) is 4.66. The summed E-state index contributed by atoms with van der Waals surface area (Å²) in [5.41, 5.74) is 1.17. The molecule has 0 bridgehead atoms. The van der Waals surface area contributed by atoms with E-state index < -0.39 is 0 Å². The number of aryl methyl sites for hydroxylation is 2. The molecule has 1 aromatic rings. The zero-order valence-electron chi connectivity index (χ0n) is 6.48. The predicted octanol–water partition coefficient (Wildman–Crippen LogP) is 2.79. The van der Waals surface area contributed by atoms with Crippen LogP contribution in [0.5, 0.6) is 0 Å². The summed E-state index contributed by atoms with van der Waals surface area (Å²) in [7, 11) is 0. The summed E-state index contributed by atoms with van der Waals surface area (Å²) in [6.07, 6.45) is 0. The molecule has 0 N–H and O–H groups in total. The van der Waals surface area contributed by atoms with E-state index in [4.69, 9.17) is 11.6 Å². The number of hydrogen-bond acceptors (Lipinski definition) is 2. The number of carbonyl (C=O) groups excluding carboxylic acids is 1. The van der Waals surface area contributed by atoms with Crippen molar-refractivity contribution in [2.45, 2.75) is 13.8 Å². The van der Waals surface area contributed by atoms with Crippen molar-refractivity contribution in [3.05, 3.63) is 21.4 Å². The molecule has 3 heteroatoms. The smallest absolute Gasteiger partial charge is 0.187 e. The van der Waals surface area contributed by atoms with Crippen molar-refractivity contribution < 1.29 is 4.79 Å². The third kappa shape index (κ3) is 1.82. The number of carbonyl (C=O) groups is 1. The Kier molecular flexibility index (Phi) is 2.68. The van der Waals surface area contributed by atoms with Gasteiger partial charge in [0.2, 0.25) is 0 Å². The zero-order chi connectivity index (χ0) is 8.43. The van der Waals surface area contributed by atoms with E-state index in [0.717, 1.165) is 4.88 Å². The standard InChI is InChI=1S/C8H9ClOS/c1-5-3-8(7(10)4-9)11-6(5)2/h3H,4H2,1-2H3. The van der Waals surface area contributed by atoms with Crippen molar-refractivity contribution in [1.29, 1.82) is 0 Å². The van der Waals surface area contributed by atoms with Gasteiger partial charge in [0, 0.05) is 4.88 Å². The Labute approximate surface area is 75.0 Å². The fourth-order valence-corrected chi connectivity index (χ4v) is 1.97. The Morgan fingerprint density at radius 3 is 2.64 bits per heavy atom. The van der Waals surface area contributed by atoms with Gasteiger partial charge in [-0.15, -0.1) is 22.9 Å². The monoisotopic (exact) mass is 188 g/mol. The van der Waals surface area contributed by atoms with Crippen LogP contribution in [0.4, 0.5) is 0 Å². The molecule has 0 unspecified atom stereocenters. The number of ketones is 1. The van der Waals surface area contributed by atoms with Gasteiger partial charge in [-0.3, -0.25) is 4.79 Å². The molecule has 0 aliphatic rings. The van der Waals surface area contributed by atoms with Gasteiger partial charge in [0.25, 0.3) is 0 Å². The van der Waals surface area contributed by atoms with E-state index in [1.807, 2.05) is 19.9 Å². The van der Waals surface area contributed by atoms with Gasteiger partial charge in [-0.05, 0) is 25.5 Å².